The molecule has 116 valence electrons. The van der Waals surface area contributed by atoms with Crippen LogP contribution in [0.25, 0.3) is 0 Å². The molecule has 1 fully saturated rings. The maximum absolute atomic E-state index is 13.5. The van der Waals surface area contributed by atoms with E-state index in [9.17, 15) is 9.18 Å². The zero-order chi connectivity index (χ0) is 15.5. The van der Waals surface area contributed by atoms with Gasteiger partial charge in [-0.15, -0.1) is 0 Å². The molecular weight excluding hydrogens is 271 g/mol. The summed E-state index contributed by atoms with van der Waals surface area (Å²) in [6.45, 7) is 6.70. The molecule has 1 saturated heterocycles. The Kier molecular flexibility index (Phi) is 4.52. The number of alkyl carbamates (subject to hydrolysis) is 1. The summed E-state index contributed by atoms with van der Waals surface area (Å²) >= 11 is 0. The van der Waals surface area contributed by atoms with Gasteiger partial charge in [-0.3, -0.25) is 0 Å². The number of ether oxygens (including phenoxy) is 1. The summed E-state index contributed by atoms with van der Waals surface area (Å²) < 4.78 is 18.7. The topological polar surface area (TPSA) is 50.4 Å². The number of hydrogen-bond acceptors (Lipinski definition) is 3. The molecule has 0 aromatic heterocycles. The van der Waals surface area contributed by atoms with Gasteiger partial charge in [0.15, 0.2) is 0 Å². The molecule has 1 heterocycles. The van der Waals surface area contributed by atoms with Crippen molar-refractivity contribution < 1.29 is 13.9 Å². The minimum atomic E-state index is -0.529. The van der Waals surface area contributed by atoms with Crippen molar-refractivity contribution in [3.05, 3.63) is 35.6 Å². The Morgan fingerprint density at radius 2 is 2.24 bits per heavy atom. The molecule has 1 unspecified atom stereocenters. The van der Waals surface area contributed by atoms with Gasteiger partial charge in [0, 0.05) is 6.54 Å². The fourth-order valence-corrected chi connectivity index (χ4v) is 2.63. The first-order valence-corrected chi connectivity index (χ1v) is 7.29. The van der Waals surface area contributed by atoms with E-state index in [0.717, 1.165) is 24.9 Å². The normalized spacial score (nSPS) is 22.1. The predicted molar refractivity (Wildman–Crippen MR) is 79.6 cm³/mol. The number of halogens is 1. The van der Waals surface area contributed by atoms with Gasteiger partial charge < -0.3 is 15.4 Å². The van der Waals surface area contributed by atoms with Crippen LogP contribution >= 0.6 is 0 Å². The van der Waals surface area contributed by atoms with Gasteiger partial charge in [-0.2, -0.15) is 0 Å². The SMILES string of the molecule is CC(C)(C)OC(=O)NCC1(c2cccc(F)c2)CCCN1. The van der Waals surface area contributed by atoms with E-state index in [1.54, 1.807) is 6.07 Å². The highest BCUT2D eigenvalue weighted by atomic mass is 19.1. The number of nitrogens with one attached hydrogen (secondary N) is 2. The molecule has 0 bridgehead atoms. The Hall–Kier alpha value is -1.62. The zero-order valence-electron chi connectivity index (χ0n) is 12.8. The van der Waals surface area contributed by atoms with Crippen LogP contribution in [0.15, 0.2) is 24.3 Å². The lowest BCUT2D eigenvalue weighted by Crippen LogP contribution is -2.48. The van der Waals surface area contributed by atoms with Crippen molar-refractivity contribution in [3.63, 3.8) is 0 Å². The molecule has 2 rings (SSSR count). The van der Waals surface area contributed by atoms with E-state index in [4.69, 9.17) is 4.74 Å². The van der Waals surface area contributed by atoms with Crippen LogP contribution in [0.2, 0.25) is 0 Å². The minimum absolute atomic E-state index is 0.266. The molecule has 0 aliphatic carbocycles. The summed E-state index contributed by atoms with van der Waals surface area (Å²) in [4.78, 5) is 11.8. The van der Waals surface area contributed by atoms with Crippen molar-refractivity contribution >= 4 is 6.09 Å². The highest BCUT2D eigenvalue weighted by Gasteiger charge is 2.36. The van der Waals surface area contributed by atoms with E-state index in [1.165, 1.54) is 12.1 Å². The Morgan fingerprint density at radius 1 is 1.48 bits per heavy atom. The number of carbonyl (C=O) groups is 1. The highest BCUT2D eigenvalue weighted by molar-refractivity contribution is 5.67. The van der Waals surface area contributed by atoms with E-state index in [1.807, 2.05) is 26.8 Å². The summed E-state index contributed by atoms with van der Waals surface area (Å²) in [5.74, 6) is -0.266. The summed E-state index contributed by atoms with van der Waals surface area (Å²) in [7, 11) is 0. The maximum Gasteiger partial charge on any atom is 0.407 e. The Balaban J connectivity index is 2.08. The molecule has 1 aliphatic rings. The second-order valence-corrected chi connectivity index (χ2v) is 6.48. The van der Waals surface area contributed by atoms with E-state index >= 15 is 0 Å². The molecule has 1 atom stereocenters. The molecule has 5 heteroatoms. The van der Waals surface area contributed by atoms with Crippen molar-refractivity contribution in [3.8, 4) is 0 Å². The monoisotopic (exact) mass is 294 g/mol. The summed E-state index contributed by atoms with van der Waals surface area (Å²) in [5, 5.41) is 6.19. The van der Waals surface area contributed by atoms with Crippen LogP contribution in [-0.2, 0) is 10.3 Å². The van der Waals surface area contributed by atoms with Gasteiger partial charge in [-0.05, 0) is 57.9 Å². The van der Waals surface area contributed by atoms with Gasteiger partial charge in [-0.25, -0.2) is 9.18 Å². The van der Waals surface area contributed by atoms with E-state index < -0.39 is 17.2 Å². The lowest BCUT2D eigenvalue weighted by atomic mass is 9.88. The number of rotatable bonds is 3. The lowest BCUT2D eigenvalue weighted by molar-refractivity contribution is 0.0511. The van der Waals surface area contributed by atoms with Crippen LogP contribution < -0.4 is 10.6 Å². The van der Waals surface area contributed by atoms with Crippen LogP contribution in [0.5, 0.6) is 0 Å². The number of hydrogen-bond donors (Lipinski definition) is 2. The molecule has 0 radical (unpaired) electrons. The summed E-state index contributed by atoms with van der Waals surface area (Å²) in [5.41, 5.74) is -0.0888. The predicted octanol–water partition coefficient (Wildman–Crippen LogP) is 2.93. The third-order valence-electron chi connectivity index (χ3n) is 3.55. The first kappa shape index (κ1) is 15.8. The first-order valence-electron chi connectivity index (χ1n) is 7.29. The molecule has 0 spiro atoms. The Bertz CT molecular complexity index is 505. The van der Waals surface area contributed by atoms with E-state index in [0.29, 0.717) is 6.54 Å². The van der Waals surface area contributed by atoms with Gasteiger partial charge in [0.2, 0.25) is 0 Å². The lowest BCUT2D eigenvalue weighted by Gasteiger charge is -2.31. The average Bonchev–Trinajstić information content (AvgIpc) is 2.84. The van der Waals surface area contributed by atoms with Gasteiger partial charge in [-0.1, -0.05) is 12.1 Å². The Labute approximate surface area is 125 Å². The second kappa shape index (κ2) is 6.02. The smallest absolute Gasteiger partial charge is 0.407 e. The van der Waals surface area contributed by atoms with Crippen LogP contribution in [0.3, 0.4) is 0 Å². The van der Waals surface area contributed by atoms with Crippen LogP contribution in [0.1, 0.15) is 39.2 Å². The summed E-state index contributed by atoms with van der Waals surface area (Å²) in [6.07, 6.45) is 1.39. The zero-order valence-corrected chi connectivity index (χ0v) is 12.8. The molecule has 1 aromatic rings. The third kappa shape index (κ3) is 4.17. The van der Waals surface area contributed by atoms with E-state index in [-0.39, 0.29) is 5.82 Å². The van der Waals surface area contributed by atoms with E-state index in [2.05, 4.69) is 10.6 Å². The number of carbonyl (C=O) groups excluding carboxylic acids is 1. The van der Waals surface area contributed by atoms with Crippen LogP contribution in [0.4, 0.5) is 9.18 Å². The number of benzene rings is 1. The fourth-order valence-electron chi connectivity index (χ4n) is 2.63. The molecule has 1 amide bonds. The quantitative estimate of drug-likeness (QED) is 0.901. The Morgan fingerprint density at radius 3 is 2.81 bits per heavy atom. The molecule has 1 aliphatic heterocycles. The van der Waals surface area contributed by atoms with Gasteiger partial charge >= 0.3 is 6.09 Å². The first-order chi connectivity index (χ1) is 9.81. The van der Waals surface area contributed by atoms with Crippen molar-refractivity contribution in [2.75, 3.05) is 13.1 Å². The van der Waals surface area contributed by atoms with Gasteiger partial charge in [0.1, 0.15) is 11.4 Å². The molecule has 2 N–H and O–H groups in total. The maximum atomic E-state index is 13.5. The molecule has 4 nitrogen and oxygen atoms in total. The average molecular weight is 294 g/mol. The molecule has 21 heavy (non-hydrogen) atoms. The largest absolute Gasteiger partial charge is 0.444 e. The summed E-state index contributed by atoms with van der Waals surface area (Å²) in [6, 6.07) is 6.53. The van der Waals surface area contributed by atoms with Crippen LogP contribution in [0, 0.1) is 5.82 Å². The fraction of sp³-hybridized carbons (Fsp3) is 0.562. The third-order valence-corrected chi connectivity index (χ3v) is 3.55. The number of amides is 1. The van der Waals surface area contributed by atoms with Gasteiger partial charge in [0.05, 0.1) is 5.54 Å². The van der Waals surface area contributed by atoms with Crippen molar-refractivity contribution in [2.45, 2.75) is 44.8 Å². The van der Waals surface area contributed by atoms with Crippen LogP contribution in [-0.4, -0.2) is 24.8 Å². The van der Waals surface area contributed by atoms with Gasteiger partial charge in [0.25, 0.3) is 0 Å². The van der Waals surface area contributed by atoms with Crippen molar-refractivity contribution in [1.82, 2.24) is 10.6 Å². The molecule has 1 aromatic carbocycles. The second-order valence-electron chi connectivity index (χ2n) is 6.48. The molecule has 0 saturated carbocycles. The van der Waals surface area contributed by atoms with Crippen molar-refractivity contribution in [1.29, 1.82) is 0 Å². The standard InChI is InChI=1S/C16H23FN2O2/c1-15(2,3)21-14(20)18-11-16(8-5-9-19-16)12-6-4-7-13(17)10-12/h4,6-7,10,19H,5,8-9,11H2,1-3H3,(H,18,20). The minimum Gasteiger partial charge on any atom is -0.444 e. The van der Waals surface area contributed by atoms with Crippen molar-refractivity contribution in [2.24, 2.45) is 0 Å². The molecular formula is C16H23FN2O2. The highest BCUT2D eigenvalue weighted by Crippen LogP contribution is 2.30.